The van der Waals surface area contributed by atoms with E-state index in [9.17, 15) is 0 Å². The van der Waals surface area contributed by atoms with Gasteiger partial charge in [-0.3, -0.25) is 0 Å². The van der Waals surface area contributed by atoms with Gasteiger partial charge >= 0.3 is 0 Å². The van der Waals surface area contributed by atoms with E-state index in [1.165, 1.54) is 5.39 Å². The van der Waals surface area contributed by atoms with Gasteiger partial charge in [-0.05, 0) is 47.4 Å². The summed E-state index contributed by atoms with van der Waals surface area (Å²) in [6.07, 6.45) is 2.05. The number of rotatable bonds is 1. The van der Waals surface area contributed by atoms with Crippen molar-refractivity contribution in [3.05, 3.63) is 41.4 Å². The lowest BCUT2D eigenvalue weighted by Crippen LogP contribution is -1.74. The molecule has 2 rings (SSSR count). The second-order valence-electron chi connectivity index (χ2n) is 2.77. The van der Waals surface area contributed by atoms with Crippen LogP contribution in [0, 0.1) is 6.07 Å². The van der Waals surface area contributed by atoms with Gasteiger partial charge in [0.1, 0.15) is 0 Å². The summed E-state index contributed by atoms with van der Waals surface area (Å²) in [4.78, 5) is 1.16. The fourth-order valence-electron chi connectivity index (χ4n) is 1.25. The molecule has 0 aliphatic carbocycles. The van der Waals surface area contributed by atoms with Crippen LogP contribution < -0.4 is 0 Å². The molecule has 0 bridgehead atoms. The molecule has 65 valence electrons. The van der Waals surface area contributed by atoms with Gasteiger partial charge in [-0.1, -0.05) is 17.7 Å². The molecule has 0 N–H and O–H groups in total. The monoisotopic (exact) mass is 207 g/mol. The number of halogens is 1. The Morgan fingerprint density at radius 3 is 2.85 bits per heavy atom. The SMILES string of the molecule is CSc1[c]cc2cc(Cl)ccc2c1. The molecule has 0 unspecified atom stereocenters. The van der Waals surface area contributed by atoms with Crippen molar-refractivity contribution in [3.63, 3.8) is 0 Å². The minimum absolute atomic E-state index is 0.776. The maximum absolute atomic E-state index is 5.87. The Morgan fingerprint density at radius 2 is 2.08 bits per heavy atom. The fraction of sp³-hybridized carbons (Fsp3) is 0.0909. The van der Waals surface area contributed by atoms with Crippen LogP contribution >= 0.6 is 23.4 Å². The summed E-state index contributed by atoms with van der Waals surface area (Å²) < 4.78 is 0. The third-order valence-corrected chi connectivity index (χ3v) is 2.84. The highest BCUT2D eigenvalue weighted by Crippen LogP contribution is 2.23. The number of thioether (sulfide) groups is 1. The highest BCUT2D eigenvalue weighted by atomic mass is 35.5. The van der Waals surface area contributed by atoms with Crippen LogP contribution in [-0.2, 0) is 0 Å². The lowest BCUT2D eigenvalue weighted by molar-refractivity contribution is 1.49. The molecule has 2 aromatic rings. The predicted molar refractivity (Wildman–Crippen MR) is 59.6 cm³/mol. The maximum atomic E-state index is 5.87. The molecule has 0 fully saturated rings. The van der Waals surface area contributed by atoms with E-state index in [4.69, 9.17) is 11.6 Å². The lowest BCUT2D eigenvalue weighted by atomic mass is 10.1. The Hall–Kier alpha value is -0.660. The second kappa shape index (κ2) is 3.60. The summed E-state index contributed by atoms with van der Waals surface area (Å²) in [5, 5.41) is 3.13. The van der Waals surface area contributed by atoms with Crippen LogP contribution in [0.3, 0.4) is 0 Å². The molecular formula is C11H8ClS. The van der Waals surface area contributed by atoms with Crippen molar-refractivity contribution >= 4 is 34.1 Å². The van der Waals surface area contributed by atoms with E-state index in [1.54, 1.807) is 11.8 Å². The van der Waals surface area contributed by atoms with Crippen molar-refractivity contribution in [2.24, 2.45) is 0 Å². The zero-order valence-electron chi connectivity index (χ0n) is 7.17. The zero-order chi connectivity index (χ0) is 9.26. The van der Waals surface area contributed by atoms with E-state index < -0.39 is 0 Å². The minimum Gasteiger partial charge on any atom is -0.129 e. The molecule has 0 amide bonds. The second-order valence-corrected chi connectivity index (χ2v) is 4.06. The van der Waals surface area contributed by atoms with E-state index in [0.717, 1.165) is 15.3 Å². The topological polar surface area (TPSA) is 0 Å². The highest BCUT2D eigenvalue weighted by Gasteiger charge is 1.96. The van der Waals surface area contributed by atoms with Crippen molar-refractivity contribution in [3.8, 4) is 0 Å². The normalized spacial score (nSPS) is 10.6. The smallest absolute Gasteiger partial charge is 0.0412 e. The van der Waals surface area contributed by atoms with Crippen molar-refractivity contribution < 1.29 is 0 Å². The third kappa shape index (κ3) is 1.82. The molecule has 0 heterocycles. The zero-order valence-corrected chi connectivity index (χ0v) is 8.75. The van der Waals surface area contributed by atoms with Gasteiger partial charge in [0, 0.05) is 9.92 Å². The fourth-order valence-corrected chi connectivity index (χ4v) is 1.85. The lowest BCUT2D eigenvalue weighted by Gasteiger charge is -2.00. The molecular weight excluding hydrogens is 200 g/mol. The Bertz CT molecular complexity index is 437. The van der Waals surface area contributed by atoms with Gasteiger partial charge in [0.05, 0.1) is 0 Å². The maximum Gasteiger partial charge on any atom is 0.0412 e. The Labute approximate surface area is 86.9 Å². The molecule has 1 radical (unpaired) electrons. The van der Waals surface area contributed by atoms with Crippen LogP contribution in [0.15, 0.2) is 35.2 Å². The molecule has 13 heavy (non-hydrogen) atoms. The molecule has 0 nitrogen and oxygen atoms in total. The Balaban J connectivity index is 2.66. The van der Waals surface area contributed by atoms with E-state index >= 15 is 0 Å². The summed E-state index contributed by atoms with van der Waals surface area (Å²) in [6, 6.07) is 13.2. The van der Waals surface area contributed by atoms with Crippen molar-refractivity contribution in [1.82, 2.24) is 0 Å². The van der Waals surface area contributed by atoms with Crippen LogP contribution in [0.25, 0.3) is 10.8 Å². The summed E-state index contributed by atoms with van der Waals surface area (Å²) in [6.45, 7) is 0. The summed E-state index contributed by atoms with van der Waals surface area (Å²) >= 11 is 7.57. The van der Waals surface area contributed by atoms with Crippen LogP contribution in [0.2, 0.25) is 5.02 Å². The van der Waals surface area contributed by atoms with Gasteiger partial charge < -0.3 is 0 Å². The molecule has 2 aromatic carbocycles. The molecule has 0 aliphatic heterocycles. The first-order valence-electron chi connectivity index (χ1n) is 3.94. The van der Waals surface area contributed by atoms with E-state index in [2.05, 4.69) is 12.1 Å². The number of benzene rings is 2. The van der Waals surface area contributed by atoms with E-state index in [0.29, 0.717) is 0 Å². The van der Waals surface area contributed by atoms with Gasteiger partial charge in [-0.25, -0.2) is 0 Å². The minimum atomic E-state index is 0.776. The molecule has 2 heteroatoms. The molecule has 0 spiro atoms. The number of fused-ring (bicyclic) bond motifs is 1. The van der Waals surface area contributed by atoms with Gasteiger partial charge in [-0.2, -0.15) is 0 Å². The molecule has 0 aromatic heterocycles. The molecule has 0 saturated carbocycles. The highest BCUT2D eigenvalue weighted by molar-refractivity contribution is 7.98. The summed E-state index contributed by atoms with van der Waals surface area (Å²) in [7, 11) is 0. The standard InChI is InChI=1S/C11H8ClS/c1-13-11-5-3-8-6-10(12)4-2-9(8)7-11/h2-4,6-7H,1H3. The van der Waals surface area contributed by atoms with Crippen molar-refractivity contribution in [2.45, 2.75) is 4.90 Å². The van der Waals surface area contributed by atoms with E-state index in [-0.39, 0.29) is 0 Å². The number of hydrogen-bond donors (Lipinski definition) is 0. The first-order chi connectivity index (χ1) is 6.29. The Kier molecular flexibility index (Phi) is 2.47. The van der Waals surface area contributed by atoms with Crippen LogP contribution in [0.1, 0.15) is 0 Å². The average Bonchev–Trinajstić information content (AvgIpc) is 2.17. The van der Waals surface area contributed by atoms with Gasteiger partial charge in [0.2, 0.25) is 0 Å². The summed E-state index contributed by atoms with van der Waals surface area (Å²) in [5.74, 6) is 0. The van der Waals surface area contributed by atoms with Gasteiger partial charge in [-0.15, -0.1) is 11.8 Å². The van der Waals surface area contributed by atoms with Crippen LogP contribution in [0.4, 0.5) is 0 Å². The van der Waals surface area contributed by atoms with Gasteiger partial charge in [0.15, 0.2) is 0 Å². The largest absolute Gasteiger partial charge is 0.129 e. The van der Waals surface area contributed by atoms with Crippen LogP contribution in [0.5, 0.6) is 0 Å². The van der Waals surface area contributed by atoms with Crippen molar-refractivity contribution in [2.75, 3.05) is 6.26 Å². The first kappa shape index (κ1) is 8.92. The van der Waals surface area contributed by atoms with Gasteiger partial charge in [0.25, 0.3) is 0 Å². The Morgan fingerprint density at radius 1 is 1.23 bits per heavy atom. The van der Waals surface area contributed by atoms with E-state index in [1.807, 2.05) is 30.5 Å². The molecule has 0 aliphatic rings. The molecule has 0 atom stereocenters. The average molecular weight is 208 g/mol. The third-order valence-electron chi connectivity index (χ3n) is 1.93. The first-order valence-corrected chi connectivity index (χ1v) is 5.55. The predicted octanol–water partition coefficient (Wildman–Crippen LogP) is 4.02. The van der Waals surface area contributed by atoms with Crippen molar-refractivity contribution in [1.29, 1.82) is 0 Å². The molecule has 0 saturated heterocycles. The summed E-state index contributed by atoms with van der Waals surface area (Å²) in [5.41, 5.74) is 0. The quantitative estimate of drug-likeness (QED) is 0.637. The number of hydrogen-bond acceptors (Lipinski definition) is 1. The van der Waals surface area contributed by atoms with Crippen LogP contribution in [-0.4, -0.2) is 6.26 Å².